The summed E-state index contributed by atoms with van der Waals surface area (Å²) in [6.45, 7) is 5.39. The van der Waals surface area contributed by atoms with Gasteiger partial charge in [-0.3, -0.25) is 9.52 Å². The van der Waals surface area contributed by atoms with Crippen LogP contribution in [-0.2, 0) is 10.0 Å². The Hall–Kier alpha value is -3.20. The monoisotopic (exact) mass is 484 g/mol. The fourth-order valence-electron chi connectivity index (χ4n) is 4.26. The molecular formula is C25H29FN4O3S. The Morgan fingerprint density at radius 3 is 2.53 bits per heavy atom. The lowest BCUT2D eigenvalue weighted by Gasteiger charge is -2.27. The van der Waals surface area contributed by atoms with E-state index < -0.39 is 21.9 Å². The first kappa shape index (κ1) is 23.9. The van der Waals surface area contributed by atoms with Crippen LogP contribution in [0.5, 0.6) is 0 Å². The fourth-order valence-corrected chi connectivity index (χ4v) is 4.88. The van der Waals surface area contributed by atoms with Crippen molar-refractivity contribution < 1.29 is 17.6 Å². The lowest BCUT2D eigenvalue weighted by Crippen LogP contribution is -2.30. The van der Waals surface area contributed by atoms with E-state index in [-0.39, 0.29) is 17.2 Å². The number of fused-ring (bicyclic) bond motifs is 1. The Bertz CT molecular complexity index is 1340. The van der Waals surface area contributed by atoms with Crippen molar-refractivity contribution in [2.24, 2.45) is 0 Å². The summed E-state index contributed by atoms with van der Waals surface area (Å²) in [4.78, 5) is 19.9. The molecule has 1 fully saturated rings. The van der Waals surface area contributed by atoms with Gasteiger partial charge in [0.2, 0.25) is 10.0 Å². The number of benzene rings is 2. The zero-order valence-corrected chi connectivity index (χ0v) is 20.4. The van der Waals surface area contributed by atoms with E-state index in [0.29, 0.717) is 11.1 Å². The van der Waals surface area contributed by atoms with Gasteiger partial charge in [-0.05, 0) is 81.1 Å². The number of hydrogen-bond donors (Lipinski definition) is 2. The highest BCUT2D eigenvalue weighted by Gasteiger charge is 2.18. The number of anilines is 2. The van der Waals surface area contributed by atoms with Crippen LogP contribution in [0.3, 0.4) is 0 Å². The molecule has 1 unspecified atom stereocenters. The summed E-state index contributed by atoms with van der Waals surface area (Å²) in [5.74, 6) is 0.0279. The SMILES string of the molecule is Cc1cc(C(C)NC(=O)c2ccc3nc(N4CCCCC4)ccc3c2)c(F)cc1NS(C)(=O)=O. The highest BCUT2D eigenvalue weighted by molar-refractivity contribution is 7.92. The number of nitrogens with one attached hydrogen (secondary N) is 2. The molecule has 2 aromatic carbocycles. The first-order chi connectivity index (χ1) is 16.1. The normalized spacial score (nSPS) is 15.2. The van der Waals surface area contributed by atoms with Crippen LogP contribution >= 0.6 is 0 Å². The van der Waals surface area contributed by atoms with Crippen LogP contribution in [0, 0.1) is 12.7 Å². The second-order valence-electron chi connectivity index (χ2n) is 8.88. The van der Waals surface area contributed by atoms with Gasteiger partial charge in [0, 0.05) is 29.6 Å². The number of carbonyl (C=O) groups excluding carboxylic acids is 1. The maximum absolute atomic E-state index is 14.7. The molecule has 9 heteroatoms. The molecule has 0 saturated carbocycles. The van der Waals surface area contributed by atoms with Crippen molar-refractivity contribution in [2.75, 3.05) is 29.0 Å². The molecule has 1 atom stereocenters. The zero-order valence-electron chi connectivity index (χ0n) is 19.6. The van der Waals surface area contributed by atoms with Crippen LogP contribution in [0.2, 0.25) is 0 Å². The number of sulfonamides is 1. The summed E-state index contributed by atoms with van der Waals surface area (Å²) < 4.78 is 40.0. The van der Waals surface area contributed by atoms with E-state index in [1.807, 2.05) is 18.2 Å². The Labute approximate surface area is 199 Å². The summed E-state index contributed by atoms with van der Waals surface area (Å²) >= 11 is 0. The minimum absolute atomic E-state index is 0.174. The summed E-state index contributed by atoms with van der Waals surface area (Å²) in [6, 6.07) is 11.4. The Morgan fingerprint density at radius 1 is 1.09 bits per heavy atom. The van der Waals surface area contributed by atoms with Gasteiger partial charge in [0.15, 0.2) is 0 Å². The third-order valence-electron chi connectivity index (χ3n) is 6.07. The predicted molar refractivity (Wildman–Crippen MR) is 133 cm³/mol. The smallest absolute Gasteiger partial charge is 0.251 e. The Balaban J connectivity index is 1.50. The van der Waals surface area contributed by atoms with Crippen LogP contribution < -0.4 is 14.9 Å². The summed E-state index contributed by atoms with van der Waals surface area (Å²) in [6.07, 6.45) is 4.61. The van der Waals surface area contributed by atoms with Gasteiger partial charge in [0.25, 0.3) is 5.91 Å². The van der Waals surface area contributed by atoms with Crippen LogP contribution in [0.4, 0.5) is 15.9 Å². The van der Waals surface area contributed by atoms with Gasteiger partial charge in [0.1, 0.15) is 11.6 Å². The third kappa shape index (κ3) is 5.47. The minimum atomic E-state index is -3.53. The molecule has 0 bridgehead atoms. The zero-order chi connectivity index (χ0) is 24.5. The summed E-state index contributed by atoms with van der Waals surface area (Å²) in [7, 11) is -3.53. The largest absolute Gasteiger partial charge is 0.357 e. The third-order valence-corrected chi connectivity index (χ3v) is 6.66. The molecule has 3 aromatic rings. The van der Waals surface area contributed by atoms with Crippen molar-refractivity contribution in [3.05, 3.63) is 65.0 Å². The second kappa shape index (κ2) is 9.58. The molecule has 1 aliphatic heterocycles. The Kier molecular flexibility index (Phi) is 6.74. The number of nitrogens with zero attached hydrogens (tertiary/aromatic N) is 2. The highest BCUT2D eigenvalue weighted by Crippen LogP contribution is 2.26. The average Bonchev–Trinajstić information content (AvgIpc) is 2.80. The maximum Gasteiger partial charge on any atom is 0.251 e. The molecule has 1 aliphatic rings. The first-order valence-corrected chi connectivity index (χ1v) is 13.2. The number of halogens is 1. The molecule has 0 radical (unpaired) electrons. The molecule has 34 heavy (non-hydrogen) atoms. The van der Waals surface area contributed by atoms with E-state index >= 15 is 0 Å². The molecule has 7 nitrogen and oxygen atoms in total. The molecule has 180 valence electrons. The molecule has 4 rings (SSSR count). The van der Waals surface area contributed by atoms with E-state index in [9.17, 15) is 17.6 Å². The van der Waals surface area contributed by atoms with Crippen LogP contribution in [-0.4, -0.2) is 38.7 Å². The molecule has 0 spiro atoms. The number of amides is 1. The van der Waals surface area contributed by atoms with Gasteiger partial charge in [-0.1, -0.05) is 0 Å². The summed E-state index contributed by atoms with van der Waals surface area (Å²) in [5, 5.41) is 3.69. The molecule has 1 amide bonds. The molecule has 0 aliphatic carbocycles. The van der Waals surface area contributed by atoms with Crippen molar-refractivity contribution in [1.29, 1.82) is 0 Å². The fraction of sp³-hybridized carbons (Fsp3) is 0.360. The van der Waals surface area contributed by atoms with Crippen molar-refractivity contribution in [2.45, 2.75) is 39.2 Å². The number of aryl methyl sites for hydroxylation is 1. The second-order valence-corrected chi connectivity index (χ2v) is 10.6. The average molecular weight is 485 g/mol. The first-order valence-electron chi connectivity index (χ1n) is 11.4. The topological polar surface area (TPSA) is 91.4 Å². The van der Waals surface area contributed by atoms with Gasteiger partial charge in [-0.25, -0.2) is 17.8 Å². The van der Waals surface area contributed by atoms with Gasteiger partial charge in [0.05, 0.1) is 23.5 Å². The standard InChI is InChI=1S/C25H29FN4O3S/c1-16-13-20(21(26)15-23(16)29-34(3,32)33)17(2)27-25(31)19-7-9-22-18(14-19)8-10-24(28-22)30-11-5-4-6-12-30/h7-10,13-15,17,29H,4-6,11-12H2,1-3H3,(H,27,31). The van der Waals surface area contributed by atoms with Crippen LogP contribution in [0.15, 0.2) is 42.5 Å². The molecule has 2 N–H and O–H groups in total. The molecule has 2 heterocycles. The molecule has 1 saturated heterocycles. The number of hydrogen-bond acceptors (Lipinski definition) is 5. The van der Waals surface area contributed by atoms with Crippen molar-refractivity contribution >= 4 is 38.3 Å². The Morgan fingerprint density at radius 2 is 1.82 bits per heavy atom. The predicted octanol–water partition coefficient (Wildman–Crippen LogP) is 4.54. The van der Waals surface area contributed by atoms with E-state index in [2.05, 4.69) is 14.9 Å². The van der Waals surface area contributed by atoms with Gasteiger partial charge >= 0.3 is 0 Å². The lowest BCUT2D eigenvalue weighted by atomic mass is 10.0. The quantitative estimate of drug-likeness (QED) is 0.536. The van der Waals surface area contributed by atoms with Crippen molar-refractivity contribution in [3.63, 3.8) is 0 Å². The van der Waals surface area contributed by atoms with E-state index in [0.717, 1.165) is 42.1 Å². The van der Waals surface area contributed by atoms with Gasteiger partial charge in [-0.2, -0.15) is 0 Å². The van der Waals surface area contributed by atoms with E-state index in [4.69, 9.17) is 4.98 Å². The molecule has 1 aromatic heterocycles. The highest BCUT2D eigenvalue weighted by atomic mass is 32.2. The van der Waals surface area contributed by atoms with E-state index in [1.54, 1.807) is 32.0 Å². The van der Waals surface area contributed by atoms with Crippen molar-refractivity contribution in [3.8, 4) is 0 Å². The number of piperidine rings is 1. The number of rotatable bonds is 6. The van der Waals surface area contributed by atoms with Gasteiger partial charge < -0.3 is 10.2 Å². The van der Waals surface area contributed by atoms with Crippen molar-refractivity contribution in [1.82, 2.24) is 10.3 Å². The van der Waals surface area contributed by atoms with Gasteiger partial charge in [-0.15, -0.1) is 0 Å². The summed E-state index contributed by atoms with van der Waals surface area (Å²) in [5.41, 5.74) is 2.29. The number of aromatic nitrogens is 1. The van der Waals surface area contributed by atoms with Crippen LogP contribution in [0.25, 0.3) is 10.9 Å². The maximum atomic E-state index is 14.7. The molecular weight excluding hydrogens is 455 g/mol. The minimum Gasteiger partial charge on any atom is -0.357 e. The number of carbonyl (C=O) groups is 1. The van der Waals surface area contributed by atoms with E-state index in [1.165, 1.54) is 19.3 Å². The lowest BCUT2D eigenvalue weighted by molar-refractivity contribution is 0.0939. The van der Waals surface area contributed by atoms with Crippen LogP contribution in [0.1, 0.15) is 53.7 Å². The number of pyridine rings is 1.